The van der Waals surface area contributed by atoms with Gasteiger partial charge in [0.05, 0.1) is 17.3 Å². The summed E-state index contributed by atoms with van der Waals surface area (Å²) in [5, 5.41) is 9.37. The maximum absolute atomic E-state index is 12.0. The van der Waals surface area contributed by atoms with Gasteiger partial charge in [0.2, 0.25) is 0 Å². The minimum atomic E-state index is -0.588. The van der Waals surface area contributed by atoms with Crippen molar-refractivity contribution < 1.29 is 19.1 Å². The topological polar surface area (TPSA) is 94.2 Å². The number of nitriles is 1. The molecule has 1 aliphatic rings. The average Bonchev–Trinajstić information content (AvgIpc) is 3.24. The first-order valence-corrected chi connectivity index (χ1v) is 8.69. The molecule has 0 radical (unpaired) electrons. The SMILES string of the molecule is CC(C)(C)OC(=O)n1cnc(COc2cc(C#N)c3c(c2)CC(C=O)C3)c1. The molecule has 140 valence electrons. The highest BCUT2D eigenvalue weighted by Crippen LogP contribution is 2.32. The van der Waals surface area contributed by atoms with E-state index in [4.69, 9.17) is 9.47 Å². The van der Waals surface area contributed by atoms with Gasteiger partial charge in [0.15, 0.2) is 0 Å². The van der Waals surface area contributed by atoms with Crippen LogP contribution in [0.2, 0.25) is 0 Å². The fraction of sp³-hybridized carbons (Fsp3) is 0.400. The number of hydrogen-bond acceptors (Lipinski definition) is 6. The molecule has 0 bridgehead atoms. The van der Waals surface area contributed by atoms with Crippen LogP contribution < -0.4 is 4.74 Å². The van der Waals surface area contributed by atoms with Crippen molar-refractivity contribution >= 4 is 12.4 Å². The molecule has 0 saturated heterocycles. The normalized spacial score (nSPS) is 15.7. The third kappa shape index (κ3) is 4.34. The number of aromatic nitrogens is 2. The molecule has 0 aliphatic heterocycles. The fourth-order valence-electron chi connectivity index (χ4n) is 3.03. The number of carbonyl (C=O) groups excluding carboxylic acids is 2. The zero-order chi connectivity index (χ0) is 19.6. The quantitative estimate of drug-likeness (QED) is 0.771. The summed E-state index contributed by atoms with van der Waals surface area (Å²) in [4.78, 5) is 27.2. The van der Waals surface area contributed by atoms with Gasteiger partial charge in [-0.1, -0.05) is 0 Å². The van der Waals surface area contributed by atoms with E-state index in [1.54, 1.807) is 33.0 Å². The molecule has 0 saturated carbocycles. The van der Waals surface area contributed by atoms with Crippen molar-refractivity contribution in [3.8, 4) is 11.8 Å². The summed E-state index contributed by atoms with van der Waals surface area (Å²) in [7, 11) is 0. The first-order chi connectivity index (χ1) is 12.8. The van der Waals surface area contributed by atoms with Crippen molar-refractivity contribution in [3.63, 3.8) is 0 Å². The summed E-state index contributed by atoms with van der Waals surface area (Å²) < 4.78 is 12.3. The van der Waals surface area contributed by atoms with Crippen molar-refractivity contribution in [1.82, 2.24) is 9.55 Å². The predicted octanol–water partition coefficient (Wildman–Crippen LogP) is 3.03. The molecule has 1 heterocycles. The van der Waals surface area contributed by atoms with Crippen molar-refractivity contribution in [2.75, 3.05) is 0 Å². The van der Waals surface area contributed by atoms with Crippen LogP contribution in [0.15, 0.2) is 24.7 Å². The standard InChI is InChI=1S/C20H21N3O4/c1-20(2,3)27-19(25)23-9-16(22-12-23)11-26-17-6-14-4-13(10-24)5-18(14)15(7-17)8-21/h6-7,9-10,12-13H,4-5,11H2,1-3H3. The Morgan fingerprint density at radius 3 is 2.85 bits per heavy atom. The predicted molar refractivity (Wildman–Crippen MR) is 96.3 cm³/mol. The summed E-state index contributed by atoms with van der Waals surface area (Å²) >= 11 is 0. The Morgan fingerprint density at radius 1 is 1.41 bits per heavy atom. The number of benzene rings is 1. The summed E-state index contributed by atoms with van der Waals surface area (Å²) in [5.74, 6) is 0.468. The Morgan fingerprint density at radius 2 is 2.19 bits per heavy atom. The molecule has 1 aliphatic carbocycles. The summed E-state index contributed by atoms with van der Waals surface area (Å²) in [5.41, 5.74) is 2.41. The van der Waals surface area contributed by atoms with E-state index < -0.39 is 11.7 Å². The van der Waals surface area contributed by atoms with E-state index in [9.17, 15) is 14.9 Å². The lowest BCUT2D eigenvalue weighted by Gasteiger charge is -2.19. The molecular formula is C20H21N3O4. The highest BCUT2D eigenvalue weighted by Gasteiger charge is 2.25. The fourth-order valence-corrected chi connectivity index (χ4v) is 3.03. The van der Waals surface area contributed by atoms with E-state index >= 15 is 0 Å². The monoisotopic (exact) mass is 367 g/mol. The van der Waals surface area contributed by atoms with Gasteiger partial charge in [-0.2, -0.15) is 5.26 Å². The number of ether oxygens (including phenoxy) is 2. The minimum absolute atomic E-state index is 0.0770. The second-order valence-electron chi connectivity index (χ2n) is 7.57. The number of carbonyl (C=O) groups is 2. The molecule has 7 heteroatoms. The van der Waals surface area contributed by atoms with E-state index in [0.29, 0.717) is 29.8 Å². The molecular weight excluding hydrogens is 346 g/mol. The second-order valence-corrected chi connectivity index (χ2v) is 7.57. The van der Waals surface area contributed by atoms with Crippen LogP contribution in [0.25, 0.3) is 0 Å². The zero-order valence-electron chi connectivity index (χ0n) is 15.6. The van der Waals surface area contributed by atoms with Gasteiger partial charge in [-0.3, -0.25) is 0 Å². The lowest BCUT2D eigenvalue weighted by molar-refractivity contribution is -0.110. The highest BCUT2D eigenvalue weighted by molar-refractivity contribution is 5.70. The Kier molecular flexibility index (Phi) is 5.00. The second kappa shape index (κ2) is 7.23. The van der Waals surface area contributed by atoms with Crippen LogP contribution in [0, 0.1) is 17.2 Å². The highest BCUT2D eigenvalue weighted by atomic mass is 16.6. The van der Waals surface area contributed by atoms with E-state index in [0.717, 1.165) is 17.4 Å². The van der Waals surface area contributed by atoms with Crippen molar-refractivity contribution in [3.05, 3.63) is 47.0 Å². The summed E-state index contributed by atoms with van der Waals surface area (Å²) in [6.45, 7) is 5.53. The van der Waals surface area contributed by atoms with Gasteiger partial charge in [-0.25, -0.2) is 14.3 Å². The Bertz CT molecular complexity index is 918. The van der Waals surface area contributed by atoms with Gasteiger partial charge in [0.1, 0.15) is 30.6 Å². The first-order valence-electron chi connectivity index (χ1n) is 8.69. The Balaban J connectivity index is 1.69. The van der Waals surface area contributed by atoms with Crippen LogP contribution in [-0.2, 0) is 29.0 Å². The third-order valence-corrected chi connectivity index (χ3v) is 4.20. The number of nitrogens with zero attached hydrogens (tertiary/aromatic N) is 3. The first kappa shape index (κ1) is 18.6. The number of hydrogen-bond donors (Lipinski definition) is 0. The van der Waals surface area contributed by atoms with Crippen LogP contribution in [0.3, 0.4) is 0 Å². The van der Waals surface area contributed by atoms with Crippen LogP contribution >= 0.6 is 0 Å². The molecule has 1 aromatic carbocycles. The molecule has 0 N–H and O–H groups in total. The maximum atomic E-state index is 12.0. The molecule has 1 atom stereocenters. The van der Waals surface area contributed by atoms with Gasteiger partial charge in [-0.15, -0.1) is 0 Å². The van der Waals surface area contributed by atoms with Gasteiger partial charge >= 0.3 is 6.09 Å². The third-order valence-electron chi connectivity index (χ3n) is 4.20. The number of rotatable bonds is 4. The van der Waals surface area contributed by atoms with Crippen LogP contribution in [-0.4, -0.2) is 27.5 Å². The molecule has 0 fully saturated rings. The average molecular weight is 367 g/mol. The van der Waals surface area contributed by atoms with Crippen LogP contribution in [0.4, 0.5) is 4.79 Å². The van der Waals surface area contributed by atoms with Gasteiger partial charge in [-0.05, 0) is 56.9 Å². The smallest absolute Gasteiger partial charge is 0.419 e. The van der Waals surface area contributed by atoms with Gasteiger partial charge < -0.3 is 14.3 Å². The van der Waals surface area contributed by atoms with E-state index in [-0.39, 0.29) is 12.5 Å². The molecule has 1 aromatic heterocycles. The molecule has 3 rings (SSSR count). The van der Waals surface area contributed by atoms with Crippen molar-refractivity contribution in [2.24, 2.45) is 5.92 Å². The molecule has 7 nitrogen and oxygen atoms in total. The number of aldehydes is 1. The van der Waals surface area contributed by atoms with E-state index in [1.807, 2.05) is 6.07 Å². The van der Waals surface area contributed by atoms with E-state index in [1.165, 1.54) is 10.9 Å². The van der Waals surface area contributed by atoms with Crippen molar-refractivity contribution in [1.29, 1.82) is 5.26 Å². The van der Waals surface area contributed by atoms with Crippen LogP contribution in [0.1, 0.15) is 43.2 Å². The Hall–Kier alpha value is -3.14. The summed E-state index contributed by atoms with van der Waals surface area (Å²) in [6.07, 6.45) is 4.58. The molecule has 27 heavy (non-hydrogen) atoms. The molecule has 0 spiro atoms. The number of fused-ring (bicyclic) bond motifs is 1. The largest absolute Gasteiger partial charge is 0.487 e. The molecule has 0 amide bonds. The van der Waals surface area contributed by atoms with Gasteiger partial charge in [0, 0.05) is 12.1 Å². The van der Waals surface area contributed by atoms with E-state index in [2.05, 4.69) is 11.1 Å². The van der Waals surface area contributed by atoms with Gasteiger partial charge in [0.25, 0.3) is 0 Å². The summed E-state index contributed by atoms with van der Waals surface area (Å²) in [6, 6.07) is 5.72. The molecule has 2 aromatic rings. The Labute approximate surface area is 157 Å². The zero-order valence-corrected chi connectivity index (χ0v) is 15.6. The minimum Gasteiger partial charge on any atom is -0.487 e. The maximum Gasteiger partial charge on any atom is 0.419 e. The van der Waals surface area contributed by atoms with Crippen LogP contribution in [0.5, 0.6) is 5.75 Å². The molecule has 1 unspecified atom stereocenters. The van der Waals surface area contributed by atoms with Crippen molar-refractivity contribution in [2.45, 2.75) is 45.8 Å². The number of imidazole rings is 1. The lowest BCUT2D eigenvalue weighted by Crippen LogP contribution is -2.26. The lowest BCUT2D eigenvalue weighted by atomic mass is 10.0.